The minimum Gasteiger partial charge on any atom is -0.348 e. The number of carbonyl (C=O) groups excluding carboxylic acids is 1. The molecule has 110 valence electrons. The summed E-state index contributed by atoms with van der Waals surface area (Å²) in [7, 11) is 0. The highest BCUT2D eigenvalue weighted by Crippen LogP contribution is 2.16. The van der Waals surface area contributed by atoms with E-state index in [4.69, 9.17) is 5.73 Å². The Morgan fingerprint density at radius 1 is 1.10 bits per heavy atom. The van der Waals surface area contributed by atoms with E-state index in [1.54, 1.807) is 0 Å². The van der Waals surface area contributed by atoms with Crippen molar-refractivity contribution in [2.75, 3.05) is 0 Å². The topological polar surface area (TPSA) is 55.1 Å². The Bertz CT molecular complexity index is 595. The Morgan fingerprint density at radius 2 is 1.71 bits per heavy atom. The van der Waals surface area contributed by atoms with Gasteiger partial charge in [-0.1, -0.05) is 54.6 Å². The summed E-state index contributed by atoms with van der Waals surface area (Å²) in [6, 6.07) is 17.3. The maximum absolute atomic E-state index is 12.2. The van der Waals surface area contributed by atoms with Gasteiger partial charge in [-0.2, -0.15) is 0 Å². The predicted octanol–water partition coefficient (Wildman–Crippen LogP) is 2.74. The van der Waals surface area contributed by atoms with Crippen LogP contribution >= 0.6 is 0 Å². The standard InChI is InChI=1S/C18H22N2O/c1-13-8-6-7-11-16(13)14(2)20-18(21)17(19)12-15-9-4-3-5-10-15/h3-11,14,17H,12,19H2,1-2H3,(H,20,21)/t14-,17-/m1/s1. The molecule has 2 rings (SSSR count). The average Bonchev–Trinajstić information content (AvgIpc) is 2.48. The minimum atomic E-state index is -0.529. The Kier molecular flexibility index (Phi) is 5.12. The fourth-order valence-corrected chi connectivity index (χ4v) is 2.43. The van der Waals surface area contributed by atoms with Crippen LogP contribution in [0.1, 0.15) is 29.7 Å². The normalized spacial score (nSPS) is 13.5. The number of hydrogen-bond acceptors (Lipinski definition) is 2. The zero-order valence-electron chi connectivity index (χ0n) is 12.5. The van der Waals surface area contributed by atoms with Crippen molar-refractivity contribution in [3.05, 3.63) is 71.3 Å². The van der Waals surface area contributed by atoms with Crippen LogP contribution in [0.2, 0.25) is 0 Å². The molecule has 0 saturated heterocycles. The van der Waals surface area contributed by atoms with Crippen LogP contribution in [-0.2, 0) is 11.2 Å². The fraction of sp³-hybridized carbons (Fsp3) is 0.278. The molecule has 0 saturated carbocycles. The quantitative estimate of drug-likeness (QED) is 0.886. The van der Waals surface area contributed by atoms with Gasteiger partial charge in [0, 0.05) is 0 Å². The van der Waals surface area contributed by atoms with E-state index in [9.17, 15) is 4.79 Å². The first-order valence-electron chi connectivity index (χ1n) is 7.23. The number of amides is 1. The van der Waals surface area contributed by atoms with Crippen LogP contribution < -0.4 is 11.1 Å². The second-order valence-corrected chi connectivity index (χ2v) is 5.38. The molecule has 0 aliphatic heterocycles. The molecule has 3 heteroatoms. The highest BCUT2D eigenvalue weighted by atomic mass is 16.2. The summed E-state index contributed by atoms with van der Waals surface area (Å²) in [5, 5.41) is 2.99. The van der Waals surface area contributed by atoms with Crippen LogP contribution in [0, 0.1) is 6.92 Å². The molecule has 3 nitrogen and oxygen atoms in total. The summed E-state index contributed by atoms with van der Waals surface area (Å²) < 4.78 is 0. The van der Waals surface area contributed by atoms with Gasteiger partial charge < -0.3 is 11.1 Å². The molecule has 0 radical (unpaired) electrons. The lowest BCUT2D eigenvalue weighted by molar-refractivity contribution is -0.123. The fourth-order valence-electron chi connectivity index (χ4n) is 2.43. The van der Waals surface area contributed by atoms with Gasteiger partial charge in [-0.3, -0.25) is 4.79 Å². The van der Waals surface area contributed by atoms with Gasteiger partial charge in [0.25, 0.3) is 0 Å². The van der Waals surface area contributed by atoms with Crippen LogP contribution in [0.4, 0.5) is 0 Å². The minimum absolute atomic E-state index is 0.0412. The number of nitrogens with two attached hydrogens (primary N) is 1. The van der Waals surface area contributed by atoms with E-state index in [0.29, 0.717) is 6.42 Å². The lowest BCUT2D eigenvalue weighted by Gasteiger charge is -2.19. The predicted molar refractivity (Wildman–Crippen MR) is 85.9 cm³/mol. The maximum Gasteiger partial charge on any atom is 0.237 e. The van der Waals surface area contributed by atoms with Crippen LogP contribution in [0.5, 0.6) is 0 Å². The van der Waals surface area contributed by atoms with E-state index in [1.165, 1.54) is 5.56 Å². The molecule has 3 N–H and O–H groups in total. The van der Waals surface area contributed by atoms with Gasteiger partial charge in [0.2, 0.25) is 5.91 Å². The molecular formula is C18H22N2O. The molecule has 0 aliphatic rings. The molecule has 0 unspecified atom stereocenters. The second-order valence-electron chi connectivity index (χ2n) is 5.38. The lowest BCUT2D eigenvalue weighted by atomic mass is 10.0. The van der Waals surface area contributed by atoms with E-state index in [-0.39, 0.29) is 11.9 Å². The van der Waals surface area contributed by atoms with E-state index in [1.807, 2.05) is 68.4 Å². The smallest absolute Gasteiger partial charge is 0.237 e. The molecule has 0 bridgehead atoms. The van der Waals surface area contributed by atoms with Gasteiger partial charge in [-0.25, -0.2) is 0 Å². The van der Waals surface area contributed by atoms with E-state index >= 15 is 0 Å². The molecule has 2 aromatic carbocycles. The summed E-state index contributed by atoms with van der Waals surface area (Å²) in [6.07, 6.45) is 0.549. The number of aryl methyl sites for hydroxylation is 1. The molecule has 0 fully saturated rings. The van der Waals surface area contributed by atoms with Crippen LogP contribution in [0.3, 0.4) is 0 Å². The van der Waals surface area contributed by atoms with Gasteiger partial charge in [0.1, 0.15) is 0 Å². The summed E-state index contributed by atoms with van der Waals surface area (Å²) >= 11 is 0. The molecule has 0 aromatic heterocycles. The monoisotopic (exact) mass is 282 g/mol. The van der Waals surface area contributed by atoms with E-state index in [0.717, 1.165) is 11.1 Å². The summed E-state index contributed by atoms with van der Waals surface area (Å²) in [4.78, 5) is 12.2. The molecule has 1 amide bonds. The van der Waals surface area contributed by atoms with Gasteiger partial charge in [0.05, 0.1) is 12.1 Å². The van der Waals surface area contributed by atoms with E-state index in [2.05, 4.69) is 5.32 Å². The molecule has 2 aromatic rings. The van der Waals surface area contributed by atoms with Gasteiger partial charge in [-0.05, 0) is 37.0 Å². The number of hydrogen-bond donors (Lipinski definition) is 2. The van der Waals surface area contributed by atoms with Crippen molar-refractivity contribution in [3.63, 3.8) is 0 Å². The Hall–Kier alpha value is -2.13. The van der Waals surface area contributed by atoms with Crippen molar-refractivity contribution in [3.8, 4) is 0 Å². The van der Waals surface area contributed by atoms with Gasteiger partial charge in [0.15, 0.2) is 0 Å². The van der Waals surface area contributed by atoms with Crippen LogP contribution in [0.25, 0.3) is 0 Å². The number of carbonyl (C=O) groups is 1. The molecule has 0 aliphatic carbocycles. The van der Waals surface area contributed by atoms with Crippen molar-refractivity contribution in [2.24, 2.45) is 5.73 Å². The SMILES string of the molecule is Cc1ccccc1[C@@H](C)NC(=O)[C@H](N)Cc1ccccc1. The second kappa shape index (κ2) is 7.04. The zero-order chi connectivity index (χ0) is 15.2. The van der Waals surface area contributed by atoms with Crippen molar-refractivity contribution < 1.29 is 4.79 Å². The van der Waals surface area contributed by atoms with Gasteiger partial charge >= 0.3 is 0 Å². The third-order valence-electron chi connectivity index (χ3n) is 3.65. The van der Waals surface area contributed by atoms with Crippen molar-refractivity contribution in [2.45, 2.75) is 32.4 Å². The maximum atomic E-state index is 12.2. The highest BCUT2D eigenvalue weighted by Gasteiger charge is 2.17. The molecule has 21 heavy (non-hydrogen) atoms. The molecule has 0 spiro atoms. The summed E-state index contributed by atoms with van der Waals surface area (Å²) in [5.41, 5.74) is 9.37. The van der Waals surface area contributed by atoms with Crippen LogP contribution in [-0.4, -0.2) is 11.9 Å². The van der Waals surface area contributed by atoms with Crippen molar-refractivity contribution in [1.82, 2.24) is 5.32 Å². The first-order chi connectivity index (χ1) is 10.1. The number of benzene rings is 2. The third kappa shape index (κ3) is 4.17. The van der Waals surface area contributed by atoms with Crippen molar-refractivity contribution >= 4 is 5.91 Å². The first kappa shape index (κ1) is 15.3. The number of nitrogens with one attached hydrogen (secondary N) is 1. The first-order valence-corrected chi connectivity index (χ1v) is 7.23. The molecule has 2 atom stereocenters. The third-order valence-corrected chi connectivity index (χ3v) is 3.65. The zero-order valence-corrected chi connectivity index (χ0v) is 12.5. The molecular weight excluding hydrogens is 260 g/mol. The Balaban J connectivity index is 1.96. The summed E-state index contributed by atoms with van der Waals surface area (Å²) in [6.45, 7) is 4.03. The molecule has 0 heterocycles. The largest absolute Gasteiger partial charge is 0.348 e. The summed E-state index contributed by atoms with van der Waals surface area (Å²) in [5.74, 6) is -0.116. The van der Waals surface area contributed by atoms with Crippen LogP contribution in [0.15, 0.2) is 54.6 Å². The lowest BCUT2D eigenvalue weighted by Crippen LogP contribution is -2.43. The Labute approximate surface area is 126 Å². The average molecular weight is 282 g/mol. The van der Waals surface area contributed by atoms with Gasteiger partial charge in [-0.15, -0.1) is 0 Å². The Morgan fingerprint density at radius 3 is 2.38 bits per heavy atom. The van der Waals surface area contributed by atoms with Crippen molar-refractivity contribution in [1.29, 1.82) is 0 Å². The number of rotatable bonds is 5. The highest BCUT2D eigenvalue weighted by molar-refractivity contribution is 5.82. The van der Waals surface area contributed by atoms with E-state index < -0.39 is 6.04 Å².